The highest BCUT2D eigenvalue weighted by Gasteiger charge is 2.59. The fourth-order valence-corrected chi connectivity index (χ4v) is 8.88. The van der Waals surface area contributed by atoms with E-state index in [2.05, 4.69) is 23.9 Å². The highest BCUT2D eigenvalue weighted by molar-refractivity contribution is 6.17. The number of hydrogen-bond donors (Lipinski definition) is 1. The third-order valence-electron chi connectivity index (χ3n) is 10.4. The molecule has 0 aromatic carbocycles. The van der Waals surface area contributed by atoms with Gasteiger partial charge in [0.1, 0.15) is 6.54 Å². The van der Waals surface area contributed by atoms with Crippen LogP contribution in [0.2, 0.25) is 0 Å². The van der Waals surface area contributed by atoms with E-state index in [0.29, 0.717) is 17.3 Å². The van der Waals surface area contributed by atoms with Gasteiger partial charge in [-0.3, -0.25) is 9.59 Å². The Balaban J connectivity index is 1.30. The van der Waals surface area contributed by atoms with Gasteiger partial charge in [0.05, 0.1) is 0 Å². The maximum atomic E-state index is 12.1. The lowest BCUT2D eigenvalue weighted by atomic mass is 9.45. The number of carbonyl (C=O) groups is 2. The van der Waals surface area contributed by atoms with E-state index in [1.54, 1.807) is 0 Å². The fourth-order valence-electron chi connectivity index (χ4n) is 8.76. The molecule has 7 atom stereocenters. The molecule has 0 spiro atoms. The summed E-state index contributed by atoms with van der Waals surface area (Å²) in [5.74, 6) is 4.01. The van der Waals surface area contributed by atoms with Crippen molar-refractivity contribution < 1.29 is 14.3 Å². The zero-order valence-electron chi connectivity index (χ0n) is 19.6. The summed E-state index contributed by atoms with van der Waals surface area (Å²) in [4.78, 5) is 23.4. The van der Waals surface area contributed by atoms with Crippen LogP contribution in [-0.4, -0.2) is 24.5 Å². The molecule has 4 nitrogen and oxygen atoms in total. The second-order valence-electron chi connectivity index (χ2n) is 11.5. The molecule has 1 amide bonds. The van der Waals surface area contributed by atoms with Gasteiger partial charge in [-0.2, -0.15) is 0 Å². The second kappa shape index (κ2) is 9.61. The van der Waals surface area contributed by atoms with Crippen LogP contribution >= 0.6 is 11.6 Å². The van der Waals surface area contributed by atoms with E-state index in [1.807, 2.05) is 0 Å². The van der Waals surface area contributed by atoms with Crippen molar-refractivity contribution in [3.05, 3.63) is 0 Å². The fraction of sp³-hybridized carbons (Fsp3) is 0.923. The van der Waals surface area contributed by atoms with Gasteiger partial charge in [0, 0.05) is 6.42 Å². The first-order valence-electron chi connectivity index (χ1n) is 12.9. The molecule has 4 rings (SSSR count). The average Bonchev–Trinajstić information content (AvgIpc) is 3.08. The molecule has 176 valence electrons. The van der Waals surface area contributed by atoms with Crippen molar-refractivity contribution in [3.8, 4) is 0 Å². The molecule has 0 saturated heterocycles. The number of fused-ring (bicyclic) bond motifs is 5. The molecule has 0 heterocycles. The molecule has 4 unspecified atom stereocenters. The average molecular weight is 452 g/mol. The smallest absolute Gasteiger partial charge is 0.326 e. The lowest BCUT2D eigenvalue weighted by molar-refractivity contribution is -0.142. The highest BCUT2D eigenvalue weighted by Crippen LogP contribution is 2.67. The van der Waals surface area contributed by atoms with Crippen molar-refractivity contribution in [2.45, 2.75) is 97.3 Å². The minimum atomic E-state index is -0.479. The maximum absolute atomic E-state index is 12.1. The van der Waals surface area contributed by atoms with Gasteiger partial charge < -0.3 is 10.1 Å². The summed E-state index contributed by atoms with van der Waals surface area (Å²) in [5.41, 5.74) is 1.09. The normalized spacial score (nSPS) is 41.6. The Labute approximate surface area is 193 Å². The van der Waals surface area contributed by atoms with E-state index in [4.69, 9.17) is 11.6 Å². The summed E-state index contributed by atoms with van der Waals surface area (Å²) in [6.45, 7) is 5.16. The standard InChI is InChI=1S/C26H42ClNO3/c1-25-14-4-3-6-18(25)9-11-20-21-12-10-19(26(21,2)15-13-22(20)25)7-5-8-23(29)28-16-24(30)31-17-27/h18-22H,3-17H2,1-2H3,(H,28,29)/t18-,19?,20-,21?,22?,25-,26?/m0/s1. The first-order chi connectivity index (χ1) is 14.9. The van der Waals surface area contributed by atoms with E-state index >= 15 is 0 Å². The SMILES string of the molecule is CC12CCC3[C@@H](CC[C@@H]4CCCC[C@]34C)C1CCC2CCCC(=O)NCC(=O)OCCl. The first-order valence-corrected chi connectivity index (χ1v) is 13.4. The van der Waals surface area contributed by atoms with Crippen molar-refractivity contribution in [1.82, 2.24) is 5.32 Å². The van der Waals surface area contributed by atoms with Crippen LogP contribution in [0.3, 0.4) is 0 Å². The summed E-state index contributed by atoms with van der Waals surface area (Å²) in [6.07, 6.45) is 16.9. The van der Waals surface area contributed by atoms with Gasteiger partial charge in [-0.25, -0.2) is 0 Å². The van der Waals surface area contributed by atoms with Crippen molar-refractivity contribution in [2.24, 2.45) is 40.4 Å². The molecule has 0 aliphatic heterocycles. The molecule has 0 aromatic rings. The summed E-state index contributed by atoms with van der Waals surface area (Å²) in [7, 11) is 0. The number of carbonyl (C=O) groups excluding carboxylic acids is 2. The van der Waals surface area contributed by atoms with Gasteiger partial charge >= 0.3 is 5.97 Å². The quantitative estimate of drug-likeness (QED) is 0.378. The highest BCUT2D eigenvalue weighted by atomic mass is 35.5. The molecule has 0 bridgehead atoms. The lowest BCUT2D eigenvalue weighted by Gasteiger charge is -2.60. The first kappa shape index (κ1) is 23.4. The largest absolute Gasteiger partial charge is 0.448 e. The van der Waals surface area contributed by atoms with E-state index in [9.17, 15) is 9.59 Å². The monoisotopic (exact) mass is 451 g/mol. The molecule has 0 aromatic heterocycles. The van der Waals surface area contributed by atoms with Gasteiger partial charge in [-0.15, -0.1) is 0 Å². The van der Waals surface area contributed by atoms with Gasteiger partial charge in [-0.05, 0) is 105 Å². The Morgan fingerprint density at radius 1 is 0.968 bits per heavy atom. The topological polar surface area (TPSA) is 55.4 Å². The molecule has 1 N–H and O–H groups in total. The number of amides is 1. The van der Waals surface area contributed by atoms with Crippen LogP contribution in [0.25, 0.3) is 0 Å². The minimum absolute atomic E-state index is 0.0570. The van der Waals surface area contributed by atoms with Crippen LogP contribution in [0.15, 0.2) is 0 Å². The van der Waals surface area contributed by atoms with Crippen LogP contribution in [-0.2, 0) is 14.3 Å². The Morgan fingerprint density at radius 2 is 1.77 bits per heavy atom. The Hall–Kier alpha value is -0.770. The summed E-state index contributed by atoms with van der Waals surface area (Å²) in [5, 5.41) is 2.65. The van der Waals surface area contributed by atoms with Crippen molar-refractivity contribution in [1.29, 1.82) is 0 Å². The molecule has 4 saturated carbocycles. The van der Waals surface area contributed by atoms with Crippen LogP contribution < -0.4 is 5.32 Å². The van der Waals surface area contributed by atoms with Crippen LogP contribution in [0, 0.1) is 40.4 Å². The lowest BCUT2D eigenvalue weighted by Crippen LogP contribution is -2.52. The van der Waals surface area contributed by atoms with Crippen LogP contribution in [0.1, 0.15) is 97.3 Å². The zero-order valence-corrected chi connectivity index (χ0v) is 20.4. The van der Waals surface area contributed by atoms with E-state index in [1.165, 1.54) is 64.2 Å². The van der Waals surface area contributed by atoms with Crippen molar-refractivity contribution in [2.75, 3.05) is 12.6 Å². The van der Waals surface area contributed by atoms with Gasteiger partial charge in [0.2, 0.25) is 5.91 Å². The Morgan fingerprint density at radius 3 is 2.58 bits per heavy atom. The summed E-state index contributed by atoms with van der Waals surface area (Å²) < 4.78 is 4.65. The second-order valence-corrected chi connectivity index (χ2v) is 11.7. The Bertz CT molecular complexity index is 669. The number of rotatable bonds is 7. The molecular weight excluding hydrogens is 410 g/mol. The number of esters is 1. The van der Waals surface area contributed by atoms with Crippen molar-refractivity contribution in [3.63, 3.8) is 0 Å². The van der Waals surface area contributed by atoms with Gasteiger partial charge in [-0.1, -0.05) is 38.3 Å². The molecular formula is C26H42ClNO3. The third kappa shape index (κ3) is 4.52. The van der Waals surface area contributed by atoms with Crippen LogP contribution in [0.5, 0.6) is 0 Å². The molecule has 4 aliphatic carbocycles. The van der Waals surface area contributed by atoms with E-state index in [0.717, 1.165) is 42.4 Å². The zero-order chi connectivity index (χ0) is 22.1. The predicted octanol–water partition coefficient (Wildman–Crippen LogP) is 6.06. The van der Waals surface area contributed by atoms with Crippen molar-refractivity contribution >= 4 is 23.5 Å². The molecule has 4 fully saturated rings. The number of nitrogens with one attached hydrogen (secondary N) is 1. The molecule has 0 radical (unpaired) electrons. The summed E-state index contributed by atoms with van der Waals surface area (Å²) in [6, 6.07) is -0.169. The predicted molar refractivity (Wildman–Crippen MR) is 124 cm³/mol. The molecule has 31 heavy (non-hydrogen) atoms. The Kier molecular flexibility index (Phi) is 7.25. The number of hydrogen-bond acceptors (Lipinski definition) is 3. The molecule has 5 heteroatoms. The molecule has 4 aliphatic rings. The minimum Gasteiger partial charge on any atom is -0.448 e. The third-order valence-corrected chi connectivity index (χ3v) is 10.5. The number of ether oxygens (including phenoxy) is 1. The number of alkyl halides is 1. The number of halogens is 1. The summed E-state index contributed by atoms with van der Waals surface area (Å²) >= 11 is 5.37. The maximum Gasteiger partial charge on any atom is 0.326 e. The van der Waals surface area contributed by atoms with Gasteiger partial charge in [0.15, 0.2) is 6.07 Å². The van der Waals surface area contributed by atoms with Gasteiger partial charge in [0.25, 0.3) is 0 Å². The van der Waals surface area contributed by atoms with E-state index in [-0.39, 0.29) is 18.5 Å². The van der Waals surface area contributed by atoms with Crippen LogP contribution in [0.4, 0.5) is 0 Å². The van der Waals surface area contributed by atoms with E-state index < -0.39 is 5.97 Å².